The number of piperazine rings is 1. The number of hydrogen-bond acceptors (Lipinski definition) is 4. The quantitative estimate of drug-likeness (QED) is 0.847. The predicted octanol–water partition coefficient (Wildman–Crippen LogP) is 1.24. The summed E-state index contributed by atoms with van der Waals surface area (Å²) >= 11 is 0. The van der Waals surface area contributed by atoms with Crippen LogP contribution in [0, 0.1) is 0 Å². The maximum Gasteiger partial charge on any atom is 0.304 e. The third-order valence-electron chi connectivity index (χ3n) is 3.97. The second kappa shape index (κ2) is 5.79. The van der Waals surface area contributed by atoms with Gasteiger partial charge in [-0.3, -0.25) is 19.3 Å². The van der Waals surface area contributed by atoms with Crippen LogP contribution in [0.3, 0.4) is 0 Å². The van der Waals surface area contributed by atoms with Crippen molar-refractivity contribution < 1.29 is 19.5 Å². The average molecular weight is 304 g/mol. The van der Waals surface area contributed by atoms with E-state index in [2.05, 4.69) is 0 Å². The molecule has 1 saturated heterocycles. The summed E-state index contributed by atoms with van der Waals surface area (Å²) in [5, 5.41) is 9.10. The van der Waals surface area contributed by atoms with Gasteiger partial charge in [-0.2, -0.15) is 0 Å². The fraction of sp³-hybridized carbons (Fsp3) is 0.438. The minimum Gasteiger partial charge on any atom is -0.481 e. The molecule has 1 aromatic rings. The van der Waals surface area contributed by atoms with Gasteiger partial charge in [0.05, 0.1) is 19.5 Å². The zero-order chi connectivity index (χ0) is 16.5. The number of carboxylic acids is 1. The number of imide groups is 1. The van der Waals surface area contributed by atoms with Crippen LogP contribution in [0.1, 0.15) is 25.8 Å². The number of para-hydroxylation sites is 1. The highest BCUT2D eigenvalue weighted by Gasteiger charge is 2.33. The molecule has 0 unspecified atom stereocenters. The number of nitrogens with zero attached hydrogens (tertiary/aromatic N) is 2. The largest absolute Gasteiger partial charge is 0.481 e. The number of aliphatic carboxylic acids is 1. The summed E-state index contributed by atoms with van der Waals surface area (Å²) in [4.78, 5) is 37.7. The van der Waals surface area contributed by atoms with Crippen LogP contribution in [0.15, 0.2) is 24.3 Å². The minimum atomic E-state index is -0.884. The first-order valence-electron chi connectivity index (χ1n) is 7.08. The lowest BCUT2D eigenvalue weighted by Crippen LogP contribution is -2.52. The molecule has 2 rings (SSSR count). The van der Waals surface area contributed by atoms with Gasteiger partial charge in [-0.15, -0.1) is 0 Å². The van der Waals surface area contributed by atoms with Crippen LogP contribution in [-0.2, 0) is 19.8 Å². The molecule has 2 amide bonds. The van der Waals surface area contributed by atoms with Crippen molar-refractivity contribution in [3.63, 3.8) is 0 Å². The van der Waals surface area contributed by atoms with Gasteiger partial charge in [-0.25, -0.2) is 0 Å². The topological polar surface area (TPSA) is 77.9 Å². The second-order valence-electron chi connectivity index (χ2n) is 6.17. The summed E-state index contributed by atoms with van der Waals surface area (Å²) < 4.78 is 0. The Labute approximate surface area is 129 Å². The summed E-state index contributed by atoms with van der Waals surface area (Å²) in [6, 6.07) is 7.33. The molecule has 0 spiro atoms. The zero-order valence-electron chi connectivity index (χ0n) is 13.0. The number of carbonyl (C=O) groups excluding carboxylic acids is 2. The maximum atomic E-state index is 11.9. The van der Waals surface area contributed by atoms with E-state index in [0.717, 1.165) is 16.2 Å². The van der Waals surface area contributed by atoms with E-state index in [4.69, 9.17) is 5.11 Å². The van der Waals surface area contributed by atoms with E-state index in [1.807, 2.05) is 38.1 Å². The molecule has 1 heterocycles. The van der Waals surface area contributed by atoms with Gasteiger partial charge >= 0.3 is 5.97 Å². The minimum absolute atomic E-state index is 0.0281. The molecular formula is C16H20N2O4. The average Bonchev–Trinajstić information content (AvgIpc) is 2.43. The molecule has 1 aliphatic heterocycles. The fourth-order valence-electron chi connectivity index (χ4n) is 2.70. The number of anilines is 1. The smallest absolute Gasteiger partial charge is 0.304 e. The third kappa shape index (κ3) is 3.10. The summed E-state index contributed by atoms with van der Waals surface area (Å²) in [6.45, 7) is 3.92. The van der Waals surface area contributed by atoms with Gasteiger partial charge in [0.25, 0.3) is 0 Å². The van der Waals surface area contributed by atoms with E-state index in [0.29, 0.717) is 0 Å². The Morgan fingerprint density at radius 3 is 2.27 bits per heavy atom. The molecule has 1 N–H and O–H groups in total. The van der Waals surface area contributed by atoms with Crippen molar-refractivity contribution in [2.75, 3.05) is 25.0 Å². The number of hydrogen-bond donors (Lipinski definition) is 1. The van der Waals surface area contributed by atoms with Crippen molar-refractivity contribution >= 4 is 23.5 Å². The normalized spacial score (nSPS) is 16.1. The molecule has 1 aromatic carbocycles. The van der Waals surface area contributed by atoms with Gasteiger partial charge < -0.3 is 10.0 Å². The standard InChI is InChI=1S/C16H20N2O4/c1-16(2,8-15(21)22)11-6-4-5-7-12(11)18-9-13(19)17(3)14(20)10-18/h4-7H,8-10H2,1-3H3,(H,21,22). The monoisotopic (exact) mass is 304 g/mol. The number of carbonyl (C=O) groups is 3. The van der Waals surface area contributed by atoms with Crippen LogP contribution in [0.4, 0.5) is 5.69 Å². The lowest BCUT2D eigenvalue weighted by molar-refractivity contribution is -0.143. The van der Waals surface area contributed by atoms with Gasteiger partial charge in [-0.1, -0.05) is 32.0 Å². The number of rotatable bonds is 4. The SMILES string of the molecule is CN1C(=O)CN(c2ccccc2C(C)(C)CC(=O)O)CC1=O. The molecule has 118 valence electrons. The van der Waals surface area contributed by atoms with E-state index in [-0.39, 0.29) is 31.3 Å². The van der Waals surface area contributed by atoms with Crippen LogP contribution in [0.25, 0.3) is 0 Å². The summed E-state index contributed by atoms with van der Waals surface area (Å²) in [5.74, 6) is -1.41. The van der Waals surface area contributed by atoms with E-state index in [1.165, 1.54) is 7.05 Å². The molecule has 6 heteroatoms. The van der Waals surface area contributed by atoms with Crippen molar-refractivity contribution in [2.24, 2.45) is 0 Å². The Morgan fingerprint density at radius 1 is 1.18 bits per heavy atom. The Hall–Kier alpha value is -2.37. The van der Waals surface area contributed by atoms with Crippen molar-refractivity contribution in [3.8, 4) is 0 Å². The second-order valence-corrected chi connectivity index (χ2v) is 6.17. The van der Waals surface area contributed by atoms with E-state index < -0.39 is 11.4 Å². The highest BCUT2D eigenvalue weighted by molar-refractivity contribution is 6.02. The molecule has 1 aliphatic rings. The van der Waals surface area contributed by atoms with Crippen LogP contribution >= 0.6 is 0 Å². The number of likely N-dealkylation sites (N-methyl/N-ethyl adjacent to an activating group) is 1. The van der Waals surface area contributed by atoms with Gasteiger partial charge in [0, 0.05) is 18.2 Å². The lowest BCUT2D eigenvalue weighted by Gasteiger charge is -2.36. The highest BCUT2D eigenvalue weighted by Crippen LogP contribution is 2.35. The van der Waals surface area contributed by atoms with E-state index >= 15 is 0 Å². The number of amides is 2. The van der Waals surface area contributed by atoms with Crippen molar-refractivity contribution in [3.05, 3.63) is 29.8 Å². The van der Waals surface area contributed by atoms with Gasteiger partial charge in [-0.05, 0) is 11.6 Å². The van der Waals surface area contributed by atoms with E-state index in [9.17, 15) is 14.4 Å². The van der Waals surface area contributed by atoms with Crippen molar-refractivity contribution in [2.45, 2.75) is 25.7 Å². The predicted molar refractivity (Wildman–Crippen MR) is 81.7 cm³/mol. The first-order valence-corrected chi connectivity index (χ1v) is 7.08. The summed E-state index contributed by atoms with van der Waals surface area (Å²) in [7, 11) is 1.47. The fourth-order valence-corrected chi connectivity index (χ4v) is 2.70. The molecule has 0 atom stereocenters. The summed E-state index contributed by atoms with van der Waals surface area (Å²) in [5.41, 5.74) is 0.962. The number of carboxylic acid groups (broad SMARTS) is 1. The van der Waals surface area contributed by atoms with Crippen molar-refractivity contribution in [1.29, 1.82) is 0 Å². The van der Waals surface area contributed by atoms with Crippen LogP contribution < -0.4 is 4.90 Å². The Morgan fingerprint density at radius 2 is 1.73 bits per heavy atom. The third-order valence-corrected chi connectivity index (χ3v) is 3.97. The molecule has 0 saturated carbocycles. The van der Waals surface area contributed by atoms with Gasteiger partial charge in [0.15, 0.2) is 0 Å². The molecule has 0 aromatic heterocycles. The molecule has 0 aliphatic carbocycles. The lowest BCUT2D eigenvalue weighted by atomic mass is 9.80. The Kier molecular flexibility index (Phi) is 4.21. The summed E-state index contributed by atoms with van der Waals surface area (Å²) in [6.07, 6.45) is -0.0281. The molecule has 0 radical (unpaired) electrons. The molecular weight excluding hydrogens is 284 g/mol. The van der Waals surface area contributed by atoms with Crippen LogP contribution in [0.2, 0.25) is 0 Å². The van der Waals surface area contributed by atoms with Crippen molar-refractivity contribution in [1.82, 2.24) is 4.90 Å². The van der Waals surface area contributed by atoms with Crippen LogP contribution in [-0.4, -0.2) is 47.9 Å². The molecule has 6 nitrogen and oxygen atoms in total. The molecule has 0 bridgehead atoms. The Bertz CT molecular complexity index is 606. The molecule has 22 heavy (non-hydrogen) atoms. The van der Waals surface area contributed by atoms with Gasteiger partial charge in [0.2, 0.25) is 11.8 Å². The van der Waals surface area contributed by atoms with E-state index in [1.54, 1.807) is 4.90 Å². The first-order chi connectivity index (χ1) is 10.2. The zero-order valence-corrected chi connectivity index (χ0v) is 13.0. The highest BCUT2D eigenvalue weighted by atomic mass is 16.4. The van der Waals surface area contributed by atoms with Crippen LogP contribution in [0.5, 0.6) is 0 Å². The first kappa shape index (κ1) is 16.0. The maximum absolute atomic E-state index is 11.9. The molecule has 1 fully saturated rings. The van der Waals surface area contributed by atoms with Gasteiger partial charge in [0.1, 0.15) is 0 Å². The Balaban J connectivity index is 2.39. The number of benzene rings is 1.